The molecule has 0 spiro atoms. The van der Waals surface area contributed by atoms with Crippen molar-refractivity contribution in [2.24, 2.45) is 10.9 Å². The number of likely N-dealkylation sites (N-methyl/N-ethyl adjacent to an activating group) is 1. The van der Waals surface area contributed by atoms with E-state index in [0.717, 1.165) is 5.70 Å². The van der Waals surface area contributed by atoms with Crippen LogP contribution >= 0.6 is 0 Å². The van der Waals surface area contributed by atoms with Crippen molar-refractivity contribution in [2.75, 3.05) is 7.05 Å². The first-order valence-corrected chi connectivity index (χ1v) is 4.97. The molecule has 0 heterocycles. The van der Waals surface area contributed by atoms with Crippen molar-refractivity contribution in [3.05, 3.63) is 24.0 Å². The second-order valence-corrected chi connectivity index (χ2v) is 3.88. The van der Waals surface area contributed by atoms with E-state index in [1.165, 1.54) is 5.70 Å². The minimum atomic E-state index is 0.240. The number of hydrogen-bond acceptors (Lipinski definition) is 2. The lowest BCUT2D eigenvalue weighted by atomic mass is 10.00. The molecule has 0 aromatic carbocycles. The van der Waals surface area contributed by atoms with E-state index in [4.69, 9.17) is 0 Å². The van der Waals surface area contributed by atoms with Crippen LogP contribution in [0.3, 0.4) is 0 Å². The molecule has 1 unspecified atom stereocenters. The van der Waals surface area contributed by atoms with Gasteiger partial charge in [-0.3, -0.25) is 4.99 Å². The lowest BCUT2D eigenvalue weighted by Crippen LogP contribution is -2.35. The van der Waals surface area contributed by atoms with Gasteiger partial charge in [0.15, 0.2) is 0 Å². The number of allylic oxidation sites excluding steroid dienone is 2. The molecule has 0 aliphatic carbocycles. The SMILES string of the molecule is C=NC(=C)C(C(C)C)N(C)/C(C)=C/C. The predicted molar refractivity (Wildman–Crippen MR) is 64.5 cm³/mol. The van der Waals surface area contributed by atoms with Gasteiger partial charge in [-0.1, -0.05) is 26.5 Å². The molecule has 0 amide bonds. The highest BCUT2D eigenvalue weighted by atomic mass is 15.2. The summed E-state index contributed by atoms with van der Waals surface area (Å²) in [4.78, 5) is 6.13. The fourth-order valence-electron chi connectivity index (χ4n) is 1.57. The first-order chi connectivity index (χ1) is 6.45. The Labute approximate surface area is 88.0 Å². The Kier molecular flexibility index (Phi) is 5.21. The molecule has 0 aliphatic rings. The van der Waals surface area contributed by atoms with Gasteiger partial charge in [0.1, 0.15) is 0 Å². The van der Waals surface area contributed by atoms with E-state index in [0.29, 0.717) is 5.92 Å². The molecule has 0 saturated carbocycles. The molecule has 0 bridgehead atoms. The normalized spacial score (nSPS) is 14.0. The zero-order chi connectivity index (χ0) is 11.3. The van der Waals surface area contributed by atoms with E-state index in [2.05, 4.69) is 57.1 Å². The van der Waals surface area contributed by atoms with Gasteiger partial charge in [-0.25, -0.2) is 0 Å². The van der Waals surface area contributed by atoms with Gasteiger partial charge in [-0.2, -0.15) is 0 Å². The topological polar surface area (TPSA) is 15.6 Å². The summed E-state index contributed by atoms with van der Waals surface area (Å²) in [7, 11) is 2.07. The van der Waals surface area contributed by atoms with Crippen molar-refractivity contribution in [1.29, 1.82) is 0 Å². The van der Waals surface area contributed by atoms with E-state index in [9.17, 15) is 0 Å². The average Bonchev–Trinajstić information content (AvgIpc) is 2.15. The Hall–Kier alpha value is -1.05. The van der Waals surface area contributed by atoms with Gasteiger partial charge in [0.05, 0.1) is 11.7 Å². The van der Waals surface area contributed by atoms with E-state index >= 15 is 0 Å². The van der Waals surface area contributed by atoms with Crippen molar-refractivity contribution < 1.29 is 0 Å². The van der Waals surface area contributed by atoms with Crippen LogP contribution in [0.2, 0.25) is 0 Å². The molecule has 0 N–H and O–H groups in total. The summed E-state index contributed by atoms with van der Waals surface area (Å²) in [5.74, 6) is 0.480. The molecule has 0 radical (unpaired) electrons. The molecule has 2 nitrogen and oxygen atoms in total. The summed E-state index contributed by atoms with van der Waals surface area (Å²) >= 11 is 0. The van der Waals surface area contributed by atoms with Crippen LogP contribution in [-0.4, -0.2) is 24.7 Å². The number of rotatable bonds is 5. The summed E-state index contributed by atoms with van der Waals surface area (Å²) in [6, 6.07) is 0.240. The van der Waals surface area contributed by atoms with Crippen LogP contribution in [0.1, 0.15) is 27.7 Å². The van der Waals surface area contributed by atoms with Gasteiger partial charge >= 0.3 is 0 Å². The second kappa shape index (κ2) is 5.63. The molecule has 1 atom stereocenters. The Balaban J connectivity index is 4.83. The van der Waals surface area contributed by atoms with E-state index in [1.807, 2.05) is 6.92 Å². The van der Waals surface area contributed by atoms with Crippen LogP contribution in [0.4, 0.5) is 0 Å². The van der Waals surface area contributed by atoms with Gasteiger partial charge < -0.3 is 4.90 Å². The zero-order valence-electron chi connectivity index (χ0n) is 10.0. The Morgan fingerprint density at radius 1 is 1.43 bits per heavy atom. The monoisotopic (exact) mass is 194 g/mol. The van der Waals surface area contributed by atoms with Gasteiger partial charge in [0.2, 0.25) is 0 Å². The lowest BCUT2D eigenvalue weighted by molar-refractivity contribution is 0.274. The molecule has 0 aromatic rings. The van der Waals surface area contributed by atoms with Crippen molar-refractivity contribution in [3.8, 4) is 0 Å². The zero-order valence-corrected chi connectivity index (χ0v) is 10.0. The fraction of sp³-hybridized carbons (Fsp3) is 0.583. The van der Waals surface area contributed by atoms with Crippen LogP contribution in [-0.2, 0) is 0 Å². The molecule has 80 valence electrons. The van der Waals surface area contributed by atoms with E-state index in [1.54, 1.807) is 0 Å². The number of nitrogens with zero attached hydrogens (tertiary/aromatic N) is 2. The molecule has 0 saturated heterocycles. The Morgan fingerprint density at radius 2 is 1.93 bits per heavy atom. The molecule has 0 fully saturated rings. The van der Waals surface area contributed by atoms with E-state index in [-0.39, 0.29) is 6.04 Å². The van der Waals surface area contributed by atoms with Crippen molar-refractivity contribution >= 4 is 6.72 Å². The maximum absolute atomic E-state index is 3.93. The van der Waals surface area contributed by atoms with Crippen LogP contribution in [0, 0.1) is 5.92 Å². The molecule has 0 aliphatic heterocycles. The highest BCUT2D eigenvalue weighted by Crippen LogP contribution is 2.20. The summed E-state index contributed by atoms with van der Waals surface area (Å²) in [5, 5.41) is 0. The molecular weight excluding hydrogens is 172 g/mol. The molecule has 14 heavy (non-hydrogen) atoms. The summed E-state index contributed by atoms with van der Waals surface area (Å²) < 4.78 is 0. The maximum Gasteiger partial charge on any atom is 0.0723 e. The molecule has 0 rings (SSSR count). The minimum absolute atomic E-state index is 0.240. The van der Waals surface area contributed by atoms with Crippen molar-refractivity contribution in [2.45, 2.75) is 33.7 Å². The maximum atomic E-state index is 3.93. The highest BCUT2D eigenvalue weighted by molar-refractivity contribution is 5.30. The summed E-state index contributed by atoms with van der Waals surface area (Å²) in [6.07, 6.45) is 2.09. The third kappa shape index (κ3) is 3.02. The Morgan fingerprint density at radius 3 is 2.21 bits per heavy atom. The first-order valence-electron chi connectivity index (χ1n) is 4.97. The van der Waals surface area contributed by atoms with Crippen molar-refractivity contribution in [1.82, 2.24) is 4.90 Å². The van der Waals surface area contributed by atoms with Crippen molar-refractivity contribution in [3.63, 3.8) is 0 Å². The standard InChI is InChI=1S/C12H22N2/c1-8-10(4)14(7)12(9(2)3)11(5)13-6/h8-9,12H,5-6H2,1-4,7H3/b10-8+. The number of hydrogen-bond donors (Lipinski definition) is 0. The second-order valence-electron chi connectivity index (χ2n) is 3.88. The quantitative estimate of drug-likeness (QED) is 0.614. The largest absolute Gasteiger partial charge is 0.370 e. The van der Waals surface area contributed by atoms with Crippen LogP contribution < -0.4 is 0 Å². The smallest absolute Gasteiger partial charge is 0.0723 e. The lowest BCUT2D eigenvalue weighted by Gasteiger charge is -2.33. The Bertz CT molecular complexity index is 239. The van der Waals surface area contributed by atoms with Gasteiger partial charge in [-0.05, 0) is 26.5 Å². The molecule has 0 aromatic heterocycles. The van der Waals surface area contributed by atoms with Gasteiger partial charge in [0.25, 0.3) is 0 Å². The number of aliphatic imine (C=N–C) groups is 1. The summed E-state index contributed by atoms with van der Waals surface area (Å²) in [5.41, 5.74) is 2.07. The first kappa shape index (κ1) is 12.9. The average molecular weight is 194 g/mol. The molecular formula is C12H22N2. The van der Waals surface area contributed by atoms with Gasteiger partial charge in [-0.15, -0.1) is 0 Å². The van der Waals surface area contributed by atoms with Crippen LogP contribution in [0.5, 0.6) is 0 Å². The van der Waals surface area contributed by atoms with Crippen LogP contribution in [0.25, 0.3) is 0 Å². The van der Waals surface area contributed by atoms with Gasteiger partial charge in [0, 0.05) is 12.7 Å². The fourth-order valence-corrected chi connectivity index (χ4v) is 1.57. The third-order valence-electron chi connectivity index (χ3n) is 2.57. The predicted octanol–water partition coefficient (Wildman–Crippen LogP) is 3.08. The van der Waals surface area contributed by atoms with Crippen LogP contribution in [0.15, 0.2) is 29.0 Å². The molecule has 2 heteroatoms. The third-order valence-corrected chi connectivity index (χ3v) is 2.57. The highest BCUT2D eigenvalue weighted by Gasteiger charge is 2.20. The van der Waals surface area contributed by atoms with E-state index < -0.39 is 0 Å². The summed E-state index contributed by atoms with van der Waals surface area (Å²) in [6.45, 7) is 15.9. The minimum Gasteiger partial charge on any atom is -0.370 e.